The van der Waals surface area contributed by atoms with Crippen molar-refractivity contribution in [2.45, 2.75) is 58.3 Å². The Morgan fingerprint density at radius 3 is 2.73 bits per heavy atom. The van der Waals surface area contributed by atoms with E-state index in [9.17, 15) is 15.0 Å². The average molecular weight is 558 g/mol. The van der Waals surface area contributed by atoms with Crippen molar-refractivity contribution in [1.29, 1.82) is 0 Å². The normalized spacial score (nSPS) is 22.6. The molecule has 0 saturated carbocycles. The van der Waals surface area contributed by atoms with Crippen LogP contribution >= 0.6 is 0 Å². The van der Waals surface area contributed by atoms with Gasteiger partial charge in [-0.2, -0.15) is 0 Å². The van der Waals surface area contributed by atoms with Gasteiger partial charge in [-0.3, -0.25) is 9.69 Å². The Hall–Kier alpha value is -3.46. The predicted octanol–water partition coefficient (Wildman–Crippen LogP) is 4.36. The molecule has 6 rings (SSSR count). The van der Waals surface area contributed by atoms with E-state index in [0.29, 0.717) is 31.4 Å². The van der Waals surface area contributed by atoms with Gasteiger partial charge in [0.15, 0.2) is 0 Å². The first-order chi connectivity index (χ1) is 19.9. The van der Waals surface area contributed by atoms with Gasteiger partial charge in [0.05, 0.1) is 30.9 Å². The van der Waals surface area contributed by atoms with E-state index in [1.165, 1.54) is 16.7 Å². The van der Waals surface area contributed by atoms with Crippen LogP contribution in [0.15, 0.2) is 48.5 Å². The summed E-state index contributed by atoms with van der Waals surface area (Å²) in [5.41, 5.74) is 8.02. The number of aliphatic hydroxyl groups excluding tert-OH is 1. The van der Waals surface area contributed by atoms with E-state index in [0.717, 1.165) is 67.3 Å². The highest BCUT2D eigenvalue weighted by Gasteiger charge is 2.39. The van der Waals surface area contributed by atoms with Gasteiger partial charge in [0, 0.05) is 37.8 Å². The number of aliphatic carboxylic acids is 1. The maximum Gasteiger partial charge on any atom is 0.308 e. The first kappa shape index (κ1) is 27.7. The molecule has 3 unspecified atom stereocenters. The SMILES string of the molecule is Cc1cc(COc2c(C)cccc2-c2cccc(N3CCC(C(=O)O)C3CO)n2)cc2c1CN(C1CCOC1)CC2. The van der Waals surface area contributed by atoms with Gasteiger partial charge in [-0.25, -0.2) is 4.98 Å². The highest BCUT2D eigenvalue weighted by atomic mass is 16.5. The molecule has 0 amide bonds. The van der Waals surface area contributed by atoms with E-state index in [2.05, 4.69) is 24.0 Å². The Morgan fingerprint density at radius 2 is 1.95 bits per heavy atom. The molecule has 41 heavy (non-hydrogen) atoms. The van der Waals surface area contributed by atoms with Crippen molar-refractivity contribution in [1.82, 2.24) is 9.88 Å². The molecule has 0 radical (unpaired) electrons. The lowest BCUT2D eigenvalue weighted by atomic mass is 9.92. The van der Waals surface area contributed by atoms with E-state index in [-0.39, 0.29) is 6.61 Å². The number of carboxylic acids is 1. The van der Waals surface area contributed by atoms with Gasteiger partial charge in [0.25, 0.3) is 0 Å². The van der Waals surface area contributed by atoms with E-state index in [1.54, 1.807) is 0 Å². The molecule has 2 aromatic carbocycles. The second-order valence-electron chi connectivity index (χ2n) is 11.6. The summed E-state index contributed by atoms with van der Waals surface area (Å²) in [6.07, 6.45) is 2.65. The zero-order valence-corrected chi connectivity index (χ0v) is 23.9. The van der Waals surface area contributed by atoms with E-state index in [1.807, 2.05) is 48.2 Å². The maximum absolute atomic E-state index is 11.7. The van der Waals surface area contributed by atoms with Gasteiger partial charge in [0.1, 0.15) is 18.2 Å². The highest BCUT2D eigenvalue weighted by Crippen LogP contribution is 2.36. The summed E-state index contributed by atoms with van der Waals surface area (Å²) in [6.45, 7) is 8.80. The molecule has 2 saturated heterocycles. The van der Waals surface area contributed by atoms with Crippen molar-refractivity contribution in [2.24, 2.45) is 5.92 Å². The molecule has 0 aliphatic carbocycles. The summed E-state index contributed by atoms with van der Waals surface area (Å²) < 4.78 is 12.1. The second kappa shape index (κ2) is 11.8. The fourth-order valence-corrected chi connectivity index (χ4v) is 6.76. The zero-order valence-electron chi connectivity index (χ0n) is 23.9. The standard InChI is InChI=1S/C33H39N3O5/c1-21-5-3-6-26(29-7-4-8-31(34-29)36-13-10-27(33(38)39)30(36)18-37)32(21)41-19-23-15-22(2)28-17-35(12-9-24(28)16-23)25-11-14-40-20-25/h3-8,15-16,25,27,30,37H,9-14,17-20H2,1-2H3,(H,38,39). The average Bonchev–Trinajstić information content (AvgIpc) is 3.67. The molecule has 8 nitrogen and oxygen atoms in total. The van der Waals surface area contributed by atoms with Crippen molar-refractivity contribution < 1.29 is 24.5 Å². The zero-order chi connectivity index (χ0) is 28.5. The topological polar surface area (TPSA) is 95.4 Å². The summed E-state index contributed by atoms with van der Waals surface area (Å²) in [7, 11) is 0. The first-order valence-corrected chi connectivity index (χ1v) is 14.7. The number of ether oxygens (including phenoxy) is 2. The molecule has 3 aliphatic rings. The Kier molecular flexibility index (Phi) is 7.97. The number of anilines is 1. The molecule has 0 spiro atoms. The van der Waals surface area contributed by atoms with E-state index >= 15 is 0 Å². The minimum atomic E-state index is -0.879. The lowest BCUT2D eigenvalue weighted by Gasteiger charge is -2.34. The van der Waals surface area contributed by atoms with E-state index in [4.69, 9.17) is 14.5 Å². The van der Waals surface area contributed by atoms with Gasteiger partial charge in [-0.1, -0.05) is 30.3 Å². The third-order valence-corrected chi connectivity index (χ3v) is 9.03. The van der Waals surface area contributed by atoms with Crippen molar-refractivity contribution in [3.8, 4) is 17.0 Å². The van der Waals surface area contributed by atoms with Crippen LogP contribution in [0.5, 0.6) is 5.75 Å². The Morgan fingerprint density at radius 1 is 1.10 bits per heavy atom. The number of carboxylic acid groups (broad SMARTS) is 1. The largest absolute Gasteiger partial charge is 0.488 e. The van der Waals surface area contributed by atoms with Gasteiger partial charge in [0.2, 0.25) is 0 Å². The van der Waals surface area contributed by atoms with Crippen molar-refractivity contribution in [3.63, 3.8) is 0 Å². The smallest absolute Gasteiger partial charge is 0.308 e. The molecular formula is C33H39N3O5. The van der Waals surface area contributed by atoms with Gasteiger partial charge in [-0.15, -0.1) is 0 Å². The molecule has 1 aromatic heterocycles. The van der Waals surface area contributed by atoms with Crippen LogP contribution in [0.1, 0.15) is 40.7 Å². The third kappa shape index (κ3) is 5.56. The van der Waals surface area contributed by atoms with Crippen molar-refractivity contribution in [3.05, 3.63) is 76.3 Å². The molecule has 3 aromatic rings. The van der Waals surface area contributed by atoms with Crippen LogP contribution in [0.25, 0.3) is 11.3 Å². The molecule has 216 valence electrons. The number of hydrogen-bond donors (Lipinski definition) is 2. The quantitative estimate of drug-likeness (QED) is 0.422. The molecule has 3 atom stereocenters. The Balaban J connectivity index is 1.22. The summed E-state index contributed by atoms with van der Waals surface area (Å²) in [5.74, 6) is -0.0248. The number of hydrogen-bond acceptors (Lipinski definition) is 7. The minimum absolute atomic E-state index is 0.227. The number of nitrogens with zero attached hydrogens (tertiary/aromatic N) is 3. The Labute approximate surface area is 241 Å². The molecule has 0 bridgehead atoms. The number of para-hydroxylation sites is 1. The van der Waals surface area contributed by atoms with Crippen LogP contribution in [-0.4, -0.2) is 71.1 Å². The van der Waals surface area contributed by atoms with Crippen LogP contribution in [0.4, 0.5) is 5.82 Å². The molecule has 2 fully saturated rings. The summed E-state index contributed by atoms with van der Waals surface area (Å²) in [6, 6.07) is 16.4. The fraction of sp³-hybridized carbons (Fsp3) is 0.455. The van der Waals surface area contributed by atoms with Gasteiger partial charge >= 0.3 is 5.97 Å². The number of aliphatic hydroxyl groups is 1. The monoisotopic (exact) mass is 557 g/mol. The highest BCUT2D eigenvalue weighted by molar-refractivity contribution is 5.74. The first-order valence-electron chi connectivity index (χ1n) is 14.7. The molecular weight excluding hydrogens is 518 g/mol. The summed E-state index contributed by atoms with van der Waals surface area (Å²) in [4.78, 5) is 21.1. The minimum Gasteiger partial charge on any atom is -0.488 e. The van der Waals surface area contributed by atoms with Crippen molar-refractivity contribution >= 4 is 11.8 Å². The molecule has 3 aliphatic heterocycles. The number of benzene rings is 2. The number of aromatic nitrogens is 1. The lowest BCUT2D eigenvalue weighted by molar-refractivity contribution is -0.142. The van der Waals surface area contributed by atoms with Gasteiger partial charge in [-0.05, 0) is 79.1 Å². The maximum atomic E-state index is 11.7. The number of aryl methyl sites for hydroxylation is 2. The van der Waals surface area contributed by atoms with Gasteiger partial charge < -0.3 is 24.6 Å². The lowest BCUT2D eigenvalue weighted by Crippen LogP contribution is -2.39. The molecule has 4 heterocycles. The van der Waals surface area contributed by atoms with Crippen LogP contribution in [-0.2, 0) is 29.1 Å². The molecule has 2 N–H and O–H groups in total. The number of carbonyl (C=O) groups is 1. The van der Waals surface area contributed by atoms with Crippen LogP contribution < -0.4 is 9.64 Å². The number of fused-ring (bicyclic) bond motifs is 1. The number of rotatable bonds is 8. The van der Waals surface area contributed by atoms with Crippen molar-refractivity contribution in [2.75, 3.05) is 37.8 Å². The number of pyridine rings is 1. The second-order valence-corrected chi connectivity index (χ2v) is 11.6. The summed E-state index contributed by atoms with van der Waals surface area (Å²) >= 11 is 0. The van der Waals surface area contributed by atoms with Crippen LogP contribution in [0, 0.1) is 19.8 Å². The predicted molar refractivity (Wildman–Crippen MR) is 157 cm³/mol. The van der Waals surface area contributed by atoms with Crippen LogP contribution in [0.3, 0.4) is 0 Å². The van der Waals surface area contributed by atoms with Crippen LogP contribution in [0.2, 0.25) is 0 Å². The fourth-order valence-electron chi connectivity index (χ4n) is 6.76. The third-order valence-electron chi connectivity index (χ3n) is 9.03. The summed E-state index contributed by atoms with van der Waals surface area (Å²) in [5, 5.41) is 19.5. The Bertz CT molecular complexity index is 1420. The molecule has 8 heteroatoms. The van der Waals surface area contributed by atoms with E-state index < -0.39 is 17.9 Å².